The summed E-state index contributed by atoms with van der Waals surface area (Å²) in [6.45, 7) is 5.39. The molecule has 1 aliphatic rings. The predicted molar refractivity (Wildman–Crippen MR) is 161 cm³/mol. The number of likely N-dealkylation sites (tertiary alicyclic amines) is 1. The third kappa shape index (κ3) is 12.5. The van der Waals surface area contributed by atoms with Gasteiger partial charge in [0.25, 0.3) is 5.91 Å². The maximum Gasteiger partial charge on any atom is 0.305 e. The van der Waals surface area contributed by atoms with Crippen molar-refractivity contribution < 1.29 is 28.6 Å². The summed E-state index contributed by atoms with van der Waals surface area (Å²) in [5.41, 5.74) is 6.54. The van der Waals surface area contributed by atoms with Crippen LogP contribution in [0.3, 0.4) is 0 Å². The zero-order valence-electron chi connectivity index (χ0n) is 25.1. The van der Waals surface area contributed by atoms with Crippen LogP contribution in [0.2, 0.25) is 5.02 Å². The number of hydrogen-bond acceptors (Lipinski definition) is 8. The number of nitrogens with zero attached hydrogens (tertiary/aromatic N) is 1. The summed E-state index contributed by atoms with van der Waals surface area (Å²) in [6, 6.07) is 2.95. The number of carbonyl (C=O) groups is 3. The van der Waals surface area contributed by atoms with Gasteiger partial charge in [-0.1, -0.05) is 37.8 Å². The molecule has 232 valence electrons. The van der Waals surface area contributed by atoms with Gasteiger partial charge >= 0.3 is 5.97 Å². The molecule has 1 saturated heterocycles. The molecule has 0 aliphatic carbocycles. The number of nitrogens with one attached hydrogen (secondary N) is 2. The quantitative estimate of drug-likeness (QED) is 0.131. The number of ether oxygens (including phenoxy) is 3. The number of unbranched alkanes of at least 4 members (excludes halogenated alkanes) is 4. The molecule has 2 amide bonds. The van der Waals surface area contributed by atoms with Gasteiger partial charge in [-0.05, 0) is 44.1 Å². The predicted octanol–water partition coefficient (Wildman–Crippen LogP) is 4.19. The first-order valence-corrected chi connectivity index (χ1v) is 15.1. The standard InChI is InChI=1S/C30H49ClN4O6/c1-21(11-10-12-28(36)33-15-9-7-5-6-8-13-29(37)41-4)19-35-16-14-25(27(20-35)40-3)34-30(38)22-17-23(31)24(32)18-26(22)39-2/h17-18,21,25,27H,5-16,19-20,32H2,1-4H3,(H,33,36)(H,34,38)/t21?,25-,27+/m1/s1. The number of amides is 2. The number of esters is 1. The first-order valence-electron chi connectivity index (χ1n) is 14.7. The molecule has 4 N–H and O–H groups in total. The topological polar surface area (TPSA) is 132 Å². The van der Waals surface area contributed by atoms with Crippen LogP contribution in [-0.2, 0) is 19.1 Å². The molecular formula is C30H49ClN4O6. The van der Waals surface area contributed by atoms with Gasteiger partial charge in [0.2, 0.25) is 5.91 Å². The van der Waals surface area contributed by atoms with Crippen molar-refractivity contribution in [1.82, 2.24) is 15.5 Å². The van der Waals surface area contributed by atoms with Crippen LogP contribution in [0.5, 0.6) is 5.75 Å². The van der Waals surface area contributed by atoms with E-state index in [4.69, 9.17) is 26.8 Å². The van der Waals surface area contributed by atoms with Gasteiger partial charge < -0.3 is 35.5 Å². The minimum Gasteiger partial charge on any atom is -0.496 e. The van der Waals surface area contributed by atoms with Gasteiger partial charge in [0.1, 0.15) is 5.75 Å². The van der Waals surface area contributed by atoms with Crippen LogP contribution >= 0.6 is 11.6 Å². The Kier molecular flexibility index (Phi) is 15.9. The summed E-state index contributed by atoms with van der Waals surface area (Å²) in [6.07, 6.45) is 8.38. The molecule has 0 aromatic heterocycles. The Morgan fingerprint density at radius 3 is 2.51 bits per heavy atom. The second-order valence-electron chi connectivity index (χ2n) is 10.9. The number of rotatable bonds is 18. The number of benzene rings is 1. The van der Waals surface area contributed by atoms with E-state index < -0.39 is 0 Å². The van der Waals surface area contributed by atoms with Gasteiger partial charge in [0.05, 0.1) is 42.6 Å². The number of anilines is 1. The largest absolute Gasteiger partial charge is 0.496 e. The third-order valence-electron chi connectivity index (χ3n) is 7.60. The molecule has 11 heteroatoms. The molecule has 1 aromatic rings. The molecule has 1 fully saturated rings. The molecule has 1 aromatic carbocycles. The molecule has 10 nitrogen and oxygen atoms in total. The fourth-order valence-corrected chi connectivity index (χ4v) is 5.36. The van der Waals surface area contributed by atoms with E-state index in [0.717, 1.165) is 64.5 Å². The van der Waals surface area contributed by atoms with E-state index in [1.807, 2.05) is 0 Å². The van der Waals surface area contributed by atoms with Crippen LogP contribution in [0.4, 0.5) is 5.69 Å². The highest BCUT2D eigenvalue weighted by atomic mass is 35.5. The molecule has 1 unspecified atom stereocenters. The second-order valence-corrected chi connectivity index (χ2v) is 11.3. The molecule has 0 spiro atoms. The van der Waals surface area contributed by atoms with Gasteiger partial charge in [0.15, 0.2) is 0 Å². The van der Waals surface area contributed by atoms with E-state index in [9.17, 15) is 14.4 Å². The van der Waals surface area contributed by atoms with Crippen LogP contribution < -0.4 is 21.1 Å². The van der Waals surface area contributed by atoms with Crippen molar-refractivity contribution in [1.29, 1.82) is 0 Å². The lowest BCUT2D eigenvalue weighted by Crippen LogP contribution is -2.55. The maximum absolute atomic E-state index is 13.0. The van der Waals surface area contributed by atoms with E-state index in [2.05, 4.69) is 27.2 Å². The van der Waals surface area contributed by atoms with E-state index in [0.29, 0.717) is 53.9 Å². The second kappa shape index (κ2) is 18.8. The summed E-state index contributed by atoms with van der Waals surface area (Å²) in [5, 5.41) is 6.41. The zero-order valence-corrected chi connectivity index (χ0v) is 25.9. The Hall–Kier alpha value is -2.56. The minimum atomic E-state index is -0.272. The van der Waals surface area contributed by atoms with Crippen molar-refractivity contribution in [2.45, 2.75) is 83.3 Å². The fourth-order valence-electron chi connectivity index (χ4n) is 5.20. The Balaban J connectivity index is 1.63. The maximum atomic E-state index is 13.0. The first kappa shape index (κ1) is 34.6. The number of piperidine rings is 1. The molecule has 0 saturated carbocycles. The van der Waals surface area contributed by atoms with Crippen molar-refractivity contribution in [2.24, 2.45) is 5.92 Å². The summed E-state index contributed by atoms with van der Waals surface area (Å²) in [4.78, 5) is 38.7. The SMILES string of the molecule is COC(=O)CCCCCCCNC(=O)CCCC(C)CN1CC[C@@H](NC(=O)c2cc(Cl)c(N)cc2OC)[C@@H](OC)C1. The molecule has 1 heterocycles. The van der Waals surface area contributed by atoms with Crippen molar-refractivity contribution in [3.05, 3.63) is 22.7 Å². The highest BCUT2D eigenvalue weighted by Crippen LogP contribution is 2.29. The van der Waals surface area contributed by atoms with Gasteiger partial charge in [-0.25, -0.2) is 0 Å². The van der Waals surface area contributed by atoms with Gasteiger partial charge in [-0.2, -0.15) is 0 Å². The smallest absolute Gasteiger partial charge is 0.305 e. The zero-order chi connectivity index (χ0) is 30.2. The number of nitrogens with two attached hydrogens (primary N) is 1. The van der Waals surface area contributed by atoms with Crippen LogP contribution in [0.25, 0.3) is 0 Å². The Morgan fingerprint density at radius 2 is 1.80 bits per heavy atom. The molecular weight excluding hydrogens is 548 g/mol. The lowest BCUT2D eigenvalue weighted by molar-refractivity contribution is -0.140. The molecule has 0 bridgehead atoms. The molecule has 1 aliphatic heterocycles. The normalized spacial score (nSPS) is 18.0. The van der Waals surface area contributed by atoms with Crippen LogP contribution in [-0.4, -0.2) is 82.3 Å². The fraction of sp³-hybridized carbons (Fsp3) is 0.700. The number of halogens is 1. The number of hydrogen-bond donors (Lipinski definition) is 3. The highest BCUT2D eigenvalue weighted by molar-refractivity contribution is 6.33. The number of nitrogen functional groups attached to an aromatic ring is 1. The Labute approximate surface area is 250 Å². The monoisotopic (exact) mass is 596 g/mol. The van der Waals surface area contributed by atoms with Crippen molar-refractivity contribution in [3.63, 3.8) is 0 Å². The van der Waals surface area contributed by atoms with Crippen molar-refractivity contribution in [2.75, 3.05) is 53.2 Å². The van der Waals surface area contributed by atoms with Gasteiger partial charge in [-0.3, -0.25) is 14.4 Å². The molecule has 3 atom stereocenters. The number of methoxy groups -OCH3 is 3. The summed E-state index contributed by atoms with van der Waals surface area (Å²) in [7, 11) is 4.57. The lowest BCUT2D eigenvalue weighted by Gasteiger charge is -2.39. The Bertz CT molecular complexity index is 979. The summed E-state index contributed by atoms with van der Waals surface area (Å²) in [5.74, 6) is 0.504. The van der Waals surface area contributed by atoms with Gasteiger partial charge in [-0.15, -0.1) is 0 Å². The van der Waals surface area contributed by atoms with Crippen LogP contribution in [0, 0.1) is 5.92 Å². The van der Waals surface area contributed by atoms with E-state index in [1.165, 1.54) is 20.3 Å². The number of carbonyl (C=O) groups excluding carboxylic acids is 3. The average molecular weight is 597 g/mol. The average Bonchev–Trinajstić information content (AvgIpc) is 2.95. The van der Waals surface area contributed by atoms with E-state index in [-0.39, 0.29) is 29.9 Å². The molecule has 41 heavy (non-hydrogen) atoms. The van der Waals surface area contributed by atoms with E-state index >= 15 is 0 Å². The van der Waals surface area contributed by atoms with E-state index in [1.54, 1.807) is 13.2 Å². The lowest BCUT2D eigenvalue weighted by atomic mass is 9.97. The minimum absolute atomic E-state index is 0.109. The summed E-state index contributed by atoms with van der Waals surface area (Å²) < 4.78 is 15.7. The third-order valence-corrected chi connectivity index (χ3v) is 7.93. The molecule has 0 radical (unpaired) electrons. The summed E-state index contributed by atoms with van der Waals surface area (Å²) >= 11 is 6.14. The van der Waals surface area contributed by atoms with Crippen molar-refractivity contribution >= 4 is 35.1 Å². The highest BCUT2D eigenvalue weighted by Gasteiger charge is 2.31. The van der Waals surface area contributed by atoms with Crippen molar-refractivity contribution in [3.8, 4) is 5.75 Å². The van der Waals surface area contributed by atoms with Crippen LogP contribution in [0.15, 0.2) is 12.1 Å². The van der Waals surface area contributed by atoms with Crippen LogP contribution in [0.1, 0.15) is 81.5 Å². The first-order chi connectivity index (χ1) is 19.7. The molecule has 2 rings (SSSR count). The van der Waals surface area contributed by atoms with Gasteiger partial charge in [0, 0.05) is 52.2 Å². The Morgan fingerprint density at radius 1 is 1.07 bits per heavy atom.